The molecular weight excluding hydrogens is 264 g/mol. The summed E-state index contributed by atoms with van der Waals surface area (Å²) in [5.41, 5.74) is 1.45. The number of allylic oxidation sites excluding steroid dienone is 1. The van der Waals surface area contributed by atoms with Gasteiger partial charge in [0, 0.05) is 6.54 Å². The van der Waals surface area contributed by atoms with Gasteiger partial charge in [-0.25, -0.2) is 0 Å². The van der Waals surface area contributed by atoms with Crippen molar-refractivity contribution >= 4 is 11.8 Å². The first-order chi connectivity index (χ1) is 10.0. The smallest absolute Gasteiger partial charge is 0.245 e. The van der Waals surface area contributed by atoms with E-state index in [9.17, 15) is 9.59 Å². The van der Waals surface area contributed by atoms with E-state index >= 15 is 0 Å². The Morgan fingerprint density at radius 2 is 2.14 bits per heavy atom. The lowest BCUT2D eigenvalue weighted by Gasteiger charge is -2.39. The summed E-state index contributed by atoms with van der Waals surface area (Å²) in [6, 6.07) is -0.624. The molecule has 118 valence electrons. The second-order valence-electron chi connectivity index (χ2n) is 6.65. The van der Waals surface area contributed by atoms with E-state index in [1.807, 2.05) is 11.8 Å². The number of carbonyl (C=O) groups excluding carboxylic acids is 2. The van der Waals surface area contributed by atoms with Crippen LogP contribution in [0.25, 0.3) is 0 Å². The molecule has 2 unspecified atom stereocenters. The van der Waals surface area contributed by atoms with E-state index in [1.54, 1.807) is 0 Å². The largest absolute Gasteiger partial charge is 0.342 e. The highest BCUT2D eigenvalue weighted by Crippen LogP contribution is 2.23. The first-order valence-electron chi connectivity index (χ1n) is 8.31. The standard InChI is InChI=1S/C17H28N2O2/c1-4-15-16(20)18-14(11-12(2)3)17(21)19(15)10-9-13-7-5-6-8-13/h7,12,14-15H,4-6,8-11H2,1-3H3,(H,18,20). The summed E-state index contributed by atoms with van der Waals surface area (Å²) in [5.74, 6) is 0.522. The maximum Gasteiger partial charge on any atom is 0.245 e. The minimum atomic E-state index is -0.335. The Hall–Kier alpha value is -1.32. The lowest BCUT2D eigenvalue weighted by molar-refractivity contribution is -0.149. The number of rotatable bonds is 6. The highest BCUT2D eigenvalue weighted by molar-refractivity contribution is 5.96. The Morgan fingerprint density at radius 1 is 1.38 bits per heavy atom. The maximum absolute atomic E-state index is 12.7. The average Bonchev–Trinajstić information content (AvgIpc) is 2.93. The van der Waals surface area contributed by atoms with Gasteiger partial charge < -0.3 is 10.2 Å². The molecule has 1 N–H and O–H groups in total. The van der Waals surface area contributed by atoms with Gasteiger partial charge in [-0.1, -0.05) is 32.4 Å². The lowest BCUT2D eigenvalue weighted by atomic mass is 9.97. The van der Waals surface area contributed by atoms with Crippen molar-refractivity contribution < 1.29 is 9.59 Å². The molecule has 2 rings (SSSR count). The van der Waals surface area contributed by atoms with E-state index < -0.39 is 0 Å². The van der Waals surface area contributed by atoms with Crippen LogP contribution in [-0.2, 0) is 9.59 Å². The summed E-state index contributed by atoms with van der Waals surface area (Å²) in [7, 11) is 0. The molecule has 4 heteroatoms. The molecular formula is C17H28N2O2. The van der Waals surface area contributed by atoms with Gasteiger partial charge in [0.15, 0.2) is 0 Å². The minimum absolute atomic E-state index is 0.0168. The third-order valence-electron chi connectivity index (χ3n) is 4.48. The molecule has 0 saturated carbocycles. The molecule has 0 aromatic rings. The van der Waals surface area contributed by atoms with Crippen molar-refractivity contribution in [3.05, 3.63) is 11.6 Å². The van der Waals surface area contributed by atoms with E-state index in [4.69, 9.17) is 0 Å². The third-order valence-corrected chi connectivity index (χ3v) is 4.48. The molecule has 0 aromatic heterocycles. The van der Waals surface area contributed by atoms with Crippen molar-refractivity contribution in [2.24, 2.45) is 5.92 Å². The van der Waals surface area contributed by atoms with Crippen molar-refractivity contribution in [1.82, 2.24) is 10.2 Å². The number of carbonyl (C=O) groups is 2. The summed E-state index contributed by atoms with van der Waals surface area (Å²) >= 11 is 0. The predicted molar refractivity (Wildman–Crippen MR) is 83.7 cm³/mol. The van der Waals surface area contributed by atoms with Gasteiger partial charge >= 0.3 is 0 Å². The molecule has 0 aromatic carbocycles. The van der Waals surface area contributed by atoms with Crippen molar-refractivity contribution in [2.75, 3.05) is 6.54 Å². The number of nitrogens with zero attached hydrogens (tertiary/aromatic N) is 1. The van der Waals surface area contributed by atoms with Crippen LogP contribution in [0.15, 0.2) is 11.6 Å². The summed E-state index contributed by atoms with van der Waals surface area (Å²) in [4.78, 5) is 26.7. The molecule has 2 amide bonds. The Kier molecular flexibility index (Phi) is 5.43. The Morgan fingerprint density at radius 3 is 2.71 bits per heavy atom. The van der Waals surface area contributed by atoms with Crippen molar-refractivity contribution in [1.29, 1.82) is 0 Å². The average molecular weight is 292 g/mol. The van der Waals surface area contributed by atoms with Crippen LogP contribution in [0.5, 0.6) is 0 Å². The topological polar surface area (TPSA) is 49.4 Å². The Bertz CT molecular complexity index is 429. The van der Waals surface area contributed by atoms with Gasteiger partial charge in [-0.15, -0.1) is 0 Å². The molecule has 0 bridgehead atoms. The van der Waals surface area contributed by atoms with E-state index in [-0.39, 0.29) is 23.9 Å². The van der Waals surface area contributed by atoms with Crippen LogP contribution in [0.2, 0.25) is 0 Å². The molecule has 21 heavy (non-hydrogen) atoms. The fraction of sp³-hybridized carbons (Fsp3) is 0.765. The molecule has 0 radical (unpaired) electrons. The van der Waals surface area contributed by atoms with E-state index in [0.29, 0.717) is 18.9 Å². The Balaban J connectivity index is 2.04. The van der Waals surface area contributed by atoms with Gasteiger partial charge in [0.2, 0.25) is 11.8 Å². The van der Waals surface area contributed by atoms with Crippen LogP contribution in [0.4, 0.5) is 0 Å². The first kappa shape index (κ1) is 16.1. The SMILES string of the molecule is CCC1C(=O)NC(CC(C)C)C(=O)N1CCC1=CCCC1. The van der Waals surface area contributed by atoms with Gasteiger partial charge in [-0.05, 0) is 44.4 Å². The normalized spacial score (nSPS) is 26.3. The molecule has 1 heterocycles. The van der Waals surface area contributed by atoms with Gasteiger partial charge in [-0.3, -0.25) is 9.59 Å². The van der Waals surface area contributed by atoms with Crippen molar-refractivity contribution in [3.8, 4) is 0 Å². The lowest BCUT2D eigenvalue weighted by Crippen LogP contribution is -2.63. The number of piperazine rings is 1. The summed E-state index contributed by atoms with van der Waals surface area (Å²) in [6.45, 7) is 6.82. The zero-order valence-corrected chi connectivity index (χ0v) is 13.5. The summed E-state index contributed by atoms with van der Waals surface area (Å²) < 4.78 is 0. The number of hydrogen-bond acceptors (Lipinski definition) is 2. The fourth-order valence-electron chi connectivity index (χ4n) is 3.36. The zero-order valence-electron chi connectivity index (χ0n) is 13.5. The van der Waals surface area contributed by atoms with E-state index in [2.05, 4.69) is 25.2 Å². The highest BCUT2D eigenvalue weighted by Gasteiger charge is 2.39. The van der Waals surface area contributed by atoms with Gasteiger partial charge in [0.25, 0.3) is 0 Å². The molecule has 1 aliphatic heterocycles. The second kappa shape index (κ2) is 7.10. The van der Waals surface area contributed by atoms with Crippen molar-refractivity contribution in [2.45, 2.75) is 71.4 Å². The van der Waals surface area contributed by atoms with Crippen LogP contribution >= 0.6 is 0 Å². The molecule has 1 fully saturated rings. The fourth-order valence-corrected chi connectivity index (χ4v) is 3.36. The van der Waals surface area contributed by atoms with Crippen LogP contribution in [0.3, 0.4) is 0 Å². The predicted octanol–water partition coefficient (Wildman–Crippen LogP) is 2.64. The minimum Gasteiger partial charge on any atom is -0.342 e. The zero-order chi connectivity index (χ0) is 15.4. The summed E-state index contributed by atoms with van der Waals surface area (Å²) in [5, 5.41) is 2.91. The molecule has 2 aliphatic rings. The van der Waals surface area contributed by atoms with Crippen molar-refractivity contribution in [3.63, 3.8) is 0 Å². The quantitative estimate of drug-likeness (QED) is 0.765. The number of nitrogens with one attached hydrogen (secondary N) is 1. The molecule has 1 saturated heterocycles. The summed E-state index contributed by atoms with van der Waals surface area (Å²) in [6.07, 6.45) is 8.17. The van der Waals surface area contributed by atoms with E-state index in [1.165, 1.54) is 12.0 Å². The van der Waals surface area contributed by atoms with Gasteiger partial charge in [-0.2, -0.15) is 0 Å². The molecule has 0 spiro atoms. The van der Waals surface area contributed by atoms with Gasteiger partial charge in [0.1, 0.15) is 12.1 Å². The third kappa shape index (κ3) is 3.86. The Labute approximate surface area is 128 Å². The van der Waals surface area contributed by atoms with E-state index in [0.717, 1.165) is 25.7 Å². The monoisotopic (exact) mass is 292 g/mol. The highest BCUT2D eigenvalue weighted by atomic mass is 16.2. The van der Waals surface area contributed by atoms with Crippen LogP contribution in [-0.4, -0.2) is 35.3 Å². The number of amides is 2. The van der Waals surface area contributed by atoms with Crippen LogP contribution < -0.4 is 5.32 Å². The second-order valence-corrected chi connectivity index (χ2v) is 6.65. The molecule has 2 atom stereocenters. The number of hydrogen-bond donors (Lipinski definition) is 1. The van der Waals surface area contributed by atoms with Crippen LogP contribution in [0.1, 0.15) is 59.3 Å². The molecule has 1 aliphatic carbocycles. The van der Waals surface area contributed by atoms with Gasteiger partial charge in [0.05, 0.1) is 0 Å². The molecule has 4 nitrogen and oxygen atoms in total. The van der Waals surface area contributed by atoms with Crippen LogP contribution in [0, 0.1) is 5.92 Å². The maximum atomic E-state index is 12.7. The first-order valence-corrected chi connectivity index (χ1v) is 8.31.